The first-order valence-electron chi connectivity index (χ1n) is 7.97. The van der Waals surface area contributed by atoms with E-state index < -0.39 is 0 Å². The summed E-state index contributed by atoms with van der Waals surface area (Å²) in [4.78, 5) is 0. The number of halogens is 1. The second-order valence-electron chi connectivity index (χ2n) is 7.13. The summed E-state index contributed by atoms with van der Waals surface area (Å²) in [7, 11) is 4.20. The van der Waals surface area contributed by atoms with Gasteiger partial charge >= 0.3 is 0 Å². The highest BCUT2D eigenvalue weighted by Crippen LogP contribution is 2.70. The fourth-order valence-corrected chi connectivity index (χ4v) is 5.97. The Kier molecular flexibility index (Phi) is 3.05. The minimum Gasteiger partial charge on any atom is -0.316 e. The molecule has 110 valence electrons. The van der Waals surface area contributed by atoms with Gasteiger partial charge in [0.2, 0.25) is 0 Å². The monoisotopic (exact) mass is 337 g/mol. The van der Waals surface area contributed by atoms with Gasteiger partial charge in [-0.15, -0.1) is 0 Å². The van der Waals surface area contributed by atoms with Crippen molar-refractivity contribution in [2.24, 2.45) is 36.6 Å². The maximum absolute atomic E-state index is 4.53. The van der Waals surface area contributed by atoms with Gasteiger partial charge in [0, 0.05) is 19.5 Å². The van der Waals surface area contributed by atoms with Gasteiger partial charge in [-0.2, -0.15) is 5.10 Å². The van der Waals surface area contributed by atoms with Crippen LogP contribution in [0.2, 0.25) is 0 Å². The Labute approximate surface area is 129 Å². The summed E-state index contributed by atoms with van der Waals surface area (Å²) >= 11 is 3.71. The SMILES string of the molecule is CNC(Cc1c(Br)c(C)nn1C)C1C2C3CCC(C3)C21. The number of likely N-dealkylation sites (N-methyl/N-ethyl adjacent to an activating group) is 1. The van der Waals surface area contributed by atoms with Crippen molar-refractivity contribution in [3.8, 4) is 0 Å². The van der Waals surface area contributed by atoms with Crippen molar-refractivity contribution >= 4 is 15.9 Å². The first-order valence-corrected chi connectivity index (χ1v) is 8.76. The van der Waals surface area contributed by atoms with Crippen molar-refractivity contribution in [2.75, 3.05) is 7.05 Å². The van der Waals surface area contributed by atoms with Crippen LogP contribution >= 0.6 is 15.9 Å². The van der Waals surface area contributed by atoms with Crippen LogP contribution in [0.4, 0.5) is 0 Å². The van der Waals surface area contributed by atoms with E-state index >= 15 is 0 Å². The molecule has 0 aromatic carbocycles. The Morgan fingerprint density at radius 3 is 2.50 bits per heavy atom. The molecule has 0 saturated heterocycles. The van der Waals surface area contributed by atoms with Crippen molar-refractivity contribution in [3.63, 3.8) is 0 Å². The normalized spacial score (nSPS) is 39.1. The van der Waals surface area contributed by atoms with Crippen molar-refractivity contribution in [3.05, 3.63) is 15.9 Å². The number of hydrogen-bond acceptors (Lipinski definition) is 2. The molecule has 3 aliphatic carbocycles. The summed E-state index contributed by atoms with van der Waals surface area (Å²) < 4.78 is 3.25. The van der Waals surface area contributed by atoms with E-state index in [9.17, 15) is 0 Å². The van der Waals surface area contributed by atoms with E-state index in [0.717, 1.165) is 41.7 Å². The van der Waals surface area contributed by atoms with E-state index in [1.54, 1.807) is 0 Å². The van der Waals surface area contributed by atoms with E-state index in [1.807, 2.05) is 0 Å². The third-order valence-electron chi connectivity index (χ3n) is 6.31. The molecule has 3 aliphatic rings. The molecule has 4 rings (SSSR count). The summed E-state index contributed by atoms with van der Waals surface area (Å²) in [6.45, 7) is 2.08. The zero-order valence-corrected chi connectivity index (χ0v) is 14.2. The van der Waals surface area contributed by atoms with Crippen molar-refractivity contribution in [1.82, 2.24) is 15.1 Å². The van der Waals surface area contributed by atoms with Gasteiger partial charge in [0.15, 0.2) is 0 Å². The third kappa shape index (κ3) is 1.77. The van der Waals surface area contributed by atoms with Gasteiger partial charge in [-0.3, -0.25) is 4.68 Å². The van der Waals surface area contributed by atoms with Crippen LogP contribution in [0.15, 0.2) is 4.47 Å². The van der Waals surface area contributed by atoms with Crippen LogP contribution in [0.5, 0.6) is 0 Å². The highest BCUT2D eigenvalue weighted by molar-refractivity contribution is 9.10. The molecule has 0 aliphatic heterocycles. The fraction of sp³-hybridized carbons (Fsp3) is 0.812. The largest absolute Gasteiger partial charge is 0.316 e. The molecule has 3 saturated carbocycles. The first-order chi connectivity index (χ1) is 9.61. The molecular weight excluding hydrogens is 314 g/mol. The van der Waals surface area contributed by atoms with Crippen molar-refractivity contribution < 1.29 is 0 Å². The number of hydrogen-bond donors (Lipinski definition) is 1. The minimum atomic E-state index is 0.625. The molecule has 5 atom stereocenters. The molecular formula is C16H24BrN3. The Hall–Kier alpha value is -0.350. The van der Waals surface area contributed by atoms with Crippen molar-refractivity contribution in [2.45, 2.75) is 38.6 Å². The van der Waals surface area contributed by atoms with Crippen LogP contribution < -0.4 is 5.32 Å². The summed E-state index contributed by atoms with van der Waals surface area (Å²) in [5.74, 6) is 5.12. The quantitative estimate of drug-likeness (QED) is 0.915. The molecule has 1 aromatic rings. The van der Waals surface area contributed by atoms with Crippen LogP contribution in [0, 0.1) is 36.5 Å². The number of aryl methyl sites for hydroxylation is 2. The Balaban J connectivity index is 1.53. The van der Waals surface area contributed by atoms with Crippen LogP contribution in [0.3, 0.4) is 0 Å². The molecule has 5 unspecified atom stereocenters. The maximum Gasteiger partial charge on any atom is 0.0738 e. The molecule has 0 radical (unpaired) electrons. The molecule has 1 N–H and O–H groups in total. The predicted molar refractivity (Wildman–Crippen MR) is 83.5 cm³/mol. The molecule has 2 bridgehead atoms. The summed E-state index contributed by atoms with van der Waals surface area (Å²) in [6.07, 6.45) is 5.66. The first kappa shape index (κ1) is 13.3. The van der Waals surface area contributed by atoms with Gasteiger partial charge in [-0.05, 0) is 78.8 Å². The maximum atomic E-state index is 4.53. The van der Waals surface area contributed by atoms with E-state index in [-0.39, 0.29) is 0 Å². The van der Waals surface area contributed by atoms with Gasteiger partial charge in [-0.1, -0.05) is 0 Å². The number of rotatable bonds is 4. The number of aromatic nitrogens is 2. The van der Waals surface area contributed by atoms with E-state index in [0.29, 0.717) is 6.04 Å². The molecule has 4 heteroatoms. The van der Waals surface area contributed by atoms with Gasteiger partial charge < -0.3 is 5.32 Å². The van der Waals surface area contributed by atoms with E-state index in [2.05, 4.69) is 52.0 Å². The Morgan fingerprint density at radius 2 is 2.00 bits per heavy atom. The van der Waals surface area contributed by atoms with Crippen LogP contribution in [-0.2, 0) is 13.5 Å². The van der Waals surface area contributed by atoms with Crippen molar-refractivity contribution in [1.29, 1.82) is 0 Å². The lowest BCUT2D eigenvalue weighted by molar-refractivity contribution is 0.372. The van der Waals surface area contributed by atoms with Crippen LogP contribution in [0.25, 0.3) is 0 Å². The molecule has 1 aromatic heterocycles. The average Bonchev–Trinajstić information content (AvgIpc) is 2.74. The Morgan fingerprint density at radius 1 is 1.35 bits per heavy atom. The minimum absolute atomic E-state index is 0.625. The molecule has 1 heterocycles. The predicted octanol–water partition coefficient (Wildman–Crippen LogP) is 2.91. The molecule has 20 heavy (non-hydrogen) atoms. The fourth-order valence-electron chi connectivity index (χ4n) is 5.47. The third-order valence-corrected chi connectivity index (χ3v) is 7.34. The van der Waals surface area contributed by atoms with E-state index in [4.69, 9.17) is 0 Å². The van der Waals surface area contributed by atoms with Crippen LogP contribution in [0.1, 0.15) is 30.7 Å². The van der Waals surface area contributed by atoms with Gasteiger partial charge in [-0.25, -0.2) is 0 Å². The van der Waals surface area contributed by atoms with Gasteiger partial charge in [0.1, 0.15) is 0 Å². The number of nitrogens with one attached hydrogen (secondary N) is 1. The number of nitrogens with zero attached hydrogens (tertiary/aromatic N) is 2. The summed E-state index contributed by atoms with van der Waals surface area (Å²) in [5.41, 5.74) is 2.45. The second-order valence-corrected chi connectivity index (χ2v) is 7.93. The molecule has 3 fully saturated rings. The molecule has 3 nitrogen and oxygen atoms in total. The lowest BCUT2D eigenvalue weighted by Gasteiger charge is -2.20. The van der Waals surface area contributed by atoms with Crippen LogP contribution in [-0.4, -0.2) is 22.9 Å². The summed E-state index contributed by atoms with van der Waals surface area (Å²) in [6, 6.07) is 0.625. The molecule has 0 amide bonds. The zero-order valence-electron chi connectivity index (χ0n) is 12.6. The average molecular weight is 338 g/mol. The summed E-state index contributed by atoms with van der Waals surface area (Å²) in [5, 5.41) is 8.15. The smallest absolute Gasteiger partial charge is 0.0738 e. The highest BCUT2D eigenvalue weighted by Gasteiger charge is 2.66. The van der Waals surface area contributed by atoms with Gasteiger partial charge in [0.05, 0.1) is 15.9 Å². The zero-order chi connectivity index (χ0) is 14.0. The molecule has 0 spiro atoms. The number of fused-ring (bicyclic) bond motifs is 5. The topological polar surface area (TPSA) is 29.9 Å². The lowest BCUT2D eigenvalue weighted by atomic mass is 9.95. The second kappa shape index (κ2) is 4.57. The highest BCUT2D eigenvalue weighted by atomic mass is 79.9. The lowest BCUT2D eigenvalue weighted by Crippen LogP contribution is -2.33. The van der Waals surface area contributed by atoms with E-state index in [1.165, 1.54) is 29.4 Å². The van der Waals surface area contributed by atoms with Gasteiger partial charge in [0.25, 0.3) is 0 Å². The standard InChI is InChI=1S/C16H24BrN3/c1-8-16(17)12(20(3)19-8)7-11(18-2)15-13-9-4-5-10(6-9)14(13)15/h9-11,13-15,18H,4-7H2,1-3H3. The Bertz CT molecular complexity index is 522.